The van der Waals surface area contributed by atoms with E-state index in [2.05, 4.69) is 23.2 Å². The fraction of sp³-hybridized carbons (Fsp3) is 0.400. The lowest BCUT2D eigenvalue weighted by Gasteiger charge is -2.14. The lowest BCUT2D eigenvalue weighted by atomic mass is 10.2. The number of hydrogen-bond donors (Lipinski definition) is 1. The molecule has 13 heavy (non-hydrogen) atoms. The molecule has 1 aliphatic rings. The summed E-state index contributed by atoms with van der Waals surface area (Å²) in [7, 11) is 1.68. The average molecular weight is 177 g/mol. The number of nitrogens with one attached hydrogen (secondary N) is 1. The zero-order valence-corrected chi connectivity index (χ0v) is 7.92. The fourth-order valence-corrected chi connectivity index (χ4v) is 1.60. The normalized spacial score (nSPS) is 13.8. The van der Waals surface area contributed by atoms with Crippen molar-refractivity contribution in [3.05, 3.63) is 18.2 Å². The molecule has 0 amide bonds. The number of benzene rings is 1. The summed E-state index contributed by atoms with van der Waals surface area (Å²) < 4.78 is 5.23. The van der Waals surface area contributed by atoms with Crippen molar-refractivity contribution < 1.29 is 4.74 Å². The second-order valence-electron chi connectivity index (χ2n) is 2.97. The molecule has 0 saturated heterocycles. The van der Waals surface area contributed by atoms with Crippen LogP contribution in [0.25, 0.3) is 0 Å². The van der Waals surface area contributed by atoms with Crippen LogP contribution in [0.3, 0.4) is 0 Å². The van der Waals surface area contributed by atoms with Gasteiger partial charge in [0.15, 0.2) is 0 Å². The Morgan fingerprint density at radius 2 is 2.46 bits per heavy atom. The summed E-state index contributed by atoms with van der Waals surface area (Å²) in [5.41, 5.74) is 2.27. The standard InChI is InChI=1S/C10H13N2O/c1-3-12-7-11-10-8(12)5-4-6-9(10)13-2/h5-6,11H,3,7H2,1-2H3. The Bertz CT molecular complexity index is 312. The largest absolute Gasteiger partial charge is 0.494 e. The van der Waals surface area contributed by atoms with E-state index in [4.69, 9.17) is 4.74 Å². The molecule has 1 heterocycles. The zero-order valence-electron chi connectivity index (χ0n) is 7.92. The van der Waals surface area contributed by atoms with Crippen LogP contribution in [-0.2, 0) is 0 Å². The molecule has 0 saturated carbocycles. The van der Waals surface area contributed by atoms with Gasteiger partial charge in [-0.15, -0.1) is 0 Å². The molecule has 1 aliphatic heterocycles. The summed E-state index contributed by atoms with van der Waals surface area (Å²) in [5, 5.41) is 3.30. The summed E-state index contributed by atoms with van der Waals surface area (Å²) in [5.74, 6) is 0.869. The molecule has 0 aliphatic carbocycles. The van der Waals surface area contributed by atoms with Gasteiger partial charge in [0.2, 0.25) is 0 Å². The Hall–Kier alpha value is -1.38. The molecule has 3 nitrogen and oxygen atoms in total. The minimum absolute atomic E-state index is 0.861. The van der Waals surface area contributed by atoms with Gasteiger partial charge in [0.25, 0.3) is 0 Å². The maximum Gasteiger partial charge on any atom is 0.144 e. The smallest absolute Gasteiger partial charge is 0.144 e. The van der Waals surface area contributed by atoms with E-state index in [9.17, 15) is 0 Å². The minimum atomic E-state index is 0.861. The molecule has 1 aromatic rings. The number of ether oxygens (including phenoxy) is 1. The number of rotatable bonds is 2. The first-order valence-electron chi connectivity index (χ1n) is 4.43. The second kappa shape index (κ2) is 3.17. The van der Waals surface area contributed by atoms with E-state index in [1.807, 2.05) is 12.1 Å². The third kappa shape index (κ3) is 1.20. The topological polar surface area (TPSA) is 24.5 Å². The van der Waals surface area contributed by atoms with Crippen molar-refractivity contribution in [2.45, 2.75) is 6.92 Å². The molecule has 0 unspecified atom stereocenters. The van der Waals surface area contributed by atoms with Gasteiger partial charge in [-0.3, -0.25) is 0 Å². The predicted molar refractivity (Wildman–Crippen MR) is 53.3 cm³/mol. The number of fused-ring (bicyclic) bond motifs is 1. The van der Waals surface area contributed by atoms with Gasteiger partial charge in [0, 0.05) is 6.54 Å². The zero-order chi connectivity index (χ0) is 9.26. The third-order valence-electron chi connectivity index (χ3n) is 2.33. The van der Waals surface area contributed by atoms with Crippen LogP contribution in [0, 0.1) is 6.07 Å². The fourth-order valence-electron chi connectivity index (χ4n) is 1.60. The van der Waals surface area contributed by atoms with Gasteiger partial charge in [0.05, 0.1) is 19.5 Å². The Labute approximate surface area is 78.3 Å². The van der Waals surface area contributed by atoms with Gasteiger partial charge in [-0.1, -0.05) is 0 Å². The van der Waals surface area contributed by atoms with E-state index < -0.39 is 0 Å². The molecule has 2 rings (SSSR count). The molecule has 1 radical (unpaired) electrons. The first-order valence-corrected chi connectivity index (χ1v) is 4.43. The number of methoxy groups -OCH3 is 1. The van der Waals surface area contributed by atoms with E-state index in [0.29, 0.717) is 0 Å². The molecular weight excluding hydrogens is 164 g/mol. The quantitative estimate of drug-likeness (QED) is 0.744. The van der Waals surface area contributed by atoms with Crippen molar-refractivity contribution in [2.24, 2.45) is 0 Å². The van der Waals surface area contributed by atoms with E-state index in [0.717, 1.165) is 24.7 Å². The molecule has 0 spiro atoms. The molecule has 0 atom stereocenters. The highest BCUT2D eigenvalue weighted by atomic mass is 16.5. The van der Waals surface area contributed by atoms with Crippen molar-refractivity contribution in [1.29, 1.82) is 0 Å². The van der Waals surface area contributed by atoms with Crippen LogP contribution in [0.5, 0.6) is 5.75 Å². The SMILES string of the molecule is CCN1CNc2c(OC)c[c]cc21. The summed E-state index contributed by atoms with van der Waals surface area (Å²) in [6.45, 7) is 4.00. The Morgan fingerprint density at radius 1 is 1.62 bits per heavy atom. The van der Waals surface area contributed by atoms with Crippen molar-refractivity contribution in [2.75, 3.05) is 30.5 Å². The molecule has 1 aromatic carbocycles. The number of anilines is 2. The average Bonchev–Trinajstić information content (AvgIpc) is 2.60. The van der Waals surface area contributed by atoms with Crippen molar-refractivity contribution >= 4 is 11.4 Å². The van der Waals surface area contributed by atoms with E-state index in [1.54, 1.807) is 7.11 Å². The van der Waals surface area contributed by atoms with Crippen LogP contribution in [-0.4, -0.2) is 20.3 Å². The lowest BCUT2D eigenvalue weighted by molar-refractivity contribution is 0.417. The molecule has 0 fully saturated rings. The minimum Gasteiger partial charge on any atom is -0.494 e. The maximum atomic E-state index is 5.23. The van der Waals surface area contributed by atoms with Crippen LogP contribution < -0.4 is 15.0 Å². The molecule has 0 bridgehead atoms. The van der Waals surface area contributed by atoms with Crippen molar-refractivity contribution in [3.63, 3.8) is 0 Å². The third-order valence-corrected chi connectivity index (χ3v) is 2.33. The highest BCUT2D eigenvalue weighted by Gasteiger charge is 2.19. The number of hydrogen-bond acceptors (Lipinski definition) is 3. The maximum absolute atomic E-state index is 5.23. The predicted octanol–water partition coefficient (Wildman–Crippen LogP) is 1.70. The van der Waals surface area contributed by atoms with Gasteiger partial charge in [-0.25, -0.2) is 0 Å². The highest BCUT2D eigenvalue weighted by Crippen LogP contribution is 2.38. The van der Waals surface area contributed by atoms with Crippen molar-refractivity contribution in [3.8, 4) is 5.75 Å². The van der Waals surface area contributed by atoms with Crippen LogP contribution >= 0.6 is 0 Å². The first-order chi connectivity index (χ1) is 6.36. The van der Waals surface area contributed by atoms with E-state index in [-0.39, 0.29) is 0 Å². The van der Waals surface area contributed by atoms with Gasteiger partial charge in [-0.05, 0) is 25.1 Å². The van der Waals surface area contributed by atoms with Gasteiger partial charge in [-0.2, -0.15) is 0 Å². The molecule has 69 valence electrons. The lowest BCUT2D eigenvalue weighted by Crippen LogP contribution is -2.21. The van der Waals surface area contributed by atoms with Crippen LogP contribution in [0.4, 0.5) is 11.4 Å². The number of nitrogens with zero attached hydrogens (tertiary/aromatic N) is 1. The second-order valence-corrected chi connectivity index (χ2v) is 2.97. The molecule has 1 N–H and O–H groups in total. The van der Waals surface area contributed by atoms with Gasteiger partial charge in [0.1, 0.15) is 11.4 Å². The summed E-state index contributed by atoms with van der Waals surface area (Å²) in [6.07, 6.45) is 0. The van der Waals surface area contributed by atoms with Crippen LogP contribution in [0.2, 0.25) is 0 Å². The highest BCUT2D eigenvalue weighted by molar-refractivity contribution is 5.80. The van der Waals surface area contributed by atoms with Crippen molar-refractivity contribution in [1.82, 2.24) is 0 Å². The van der Waals surface area contributed by atoms with Crippen LogP contribution in [0.15, 0.2) is 12.1 Å². The Kier molecular flexibility index (Phi) is 2.00. The Morgan fingerprint density at radius 3 is 3.15 bits per heavy atom. The monoisotopic (exact) mass is 177 g/mol. The van der Waals surface area contributed by atoms with Gasteiger partial charge < -0.3 is 15.0 Å². The summed E-state index contributed by atoms with van der Waals surface area (Å²) in [6, 6.07) is 6.91. The van der Waals surface area contributed by atoms with Gasteiger partial charge >= 0.3 is 0 Å². The summed E-state index contributed by atoms with van der Waals surface area (Å²) in [4.78, 5) is 2.24. The van der Waals surface area contributed by atoms with E-state index >= 15 is 0 Å². The van der Waals surface area contributed by atoms with Crippen LogP contribution in [0.1, 0.15) is 6.92 Å². The Balaban J connectivity index is 2.43. The molecule has 0 aromatic heterocycles. The van der Waals surface area contributed by atoms with E-state index in [1.165, 1.54) is 5.69 Å². The summed E-state index contributed by atoms with van der Waals surface area (Å²) >= 11 is 0. The molecular formula is C10H13N2O. The molecule has 3 heteroatoms. The first kappa shape index (κ1) is 8.23.